The highest BCUT2D eigenvalue weighted by Gasteiger charge is 2.25. The first kappa shape index (κ1) is 20.5. The van der Waals surface area contributed by atoms with Gasteiger partial charge in [0, 0.05) is 37.9 Å². The van der Waals surface area contributed by atoms with Crippen molar-refractivity contribution in [2.24, 2.45) is 0 Å². The number of anilines is 2. The predicted molar refractivity (Wildman–Crippen MR) is 118 cm³/mol. The predicted octanol–water partition coefficient (Wildman–Crippen LogP) is 2.70. The fourth-order valence-electron chi connectivity index (χ4n) is 3.68. The molecule has 0 atom stereocenters. The van der Waals surface area contributed by atoms with Gasteiger partial charge in [-0.1, -0.05) is 24.3 Å². The molecule has 2 amide bonds. The first-order valence-electron chi connectivity index (χ1n) is 10.2. The number of hydrogen-bond acceptors (Lipinski definition) is 6. The van der Waals surface area contributed by atoms with Crippen LogP contribution in [0.5, 0.6) is 0 Å². The topological polar surface area (TPSA) is 91.3 Å². The Hall–Kier alpha value is -3.81. The van der Waals surface area contributed by atoms with Gasteiger partial charge in [-0.05, 0) is 37.1 Å². The van der Waals surface area contributed by atoms with E-state index in [1.807, 2.05) is 41.8 Å². The van der Waals surface area contributed by atoms with Crippen LogP contribution in [0.2, 0.25) is 0 Å². The number of carbonyl (C=O) groups is 2. The Balaban J connectivity index is 1.42. The Bertz CT molecular complexity index is 1070. The number of amides is 2. The molecular formula is C23H24N6O2. The lowest BCUT2D eigenvalue weighted by Crippen LogP contribution is -2.49. The van der Waals surface area contributed by atoms with Crippen LogP contribution >= 0.6 is 0 Å². The number of nitrogens with zero attached hydrogens (tertiary/aromatic N) is 5. The number of aryl methyl sites for hydroxylation is 2. The molecule has 1 aromatic carbocycles. The zero-order valence-corrected chi connectivity index (χ0v) is 17.6. The van der Waals surface area contributed by atoms with Gasteiger partial charge >= 0.3 is 0 Å². The summed E-state index contributed by atoms with van der Waals surface area (Å²) < 4.78 is 0. The average Bonchev–Trinajstić information content (AvgIpc) is 2.80. The first-order valence-corrected chi connectivity index (χ1v) is 10.2. The Morgan fingerprint density at radius 2 is 1.68 bits per heavy atom. The molecule has 158 valence electrons. The summed E-state index contributed by atoms with van der Waals surface area (Å²) in [5.41, 5.74) is 2.98. The molecule has 8 nitrogen and oxygen atoms in total. The molecule has 0 spiro atoms. The summed E-state index contributed by atoms with van der Waals surface area (Å²) in [5, 5.41) is 2.72. The minimum Gasteiger partial charge on any atom is -0.352 e. The minimum atomic E-state index is -0.364. The third kappa shape index (κ3) is 4.53. The monoisotopic (exact) mass is 416 g/mol. The quantitative estimate of drug-likeness (QED) is 0.703. The third-order valence-electron chi connectivity index (χ3n) is 5.35. The number of hydrogen-bond donors (Lipinski definition) is 1. The Morgan fingerprint density at radius 3 is 2.35 bits per heavy atom. The first-order chi connectivity index (χ1) is 15.0. The van der Waals surface area contributed by atoms with Crippen LogP contribution in [0, 0.1) is 13.8 Å². The molecule has 3 heterocycles. The Morgan fingerprint density at radius 1 is 0.935 bits per heavy atom. The van der Waals surface area contributed by atoms with Gasteiger partial charge in [-0.2, -0.15) is 0 Å². The van der Waals surface area contributed by atoms with Crippen molar-refractivity contribution in [2.75, 3.05) is 36.4 Å². The van der Waals surface area contributed by atoms with Crippen molar-refractivity contribution in [3.63, 3.8) is 0 Å². The van der Waals surface area contributed by atoms with Gasteiger partial charge < -0.3 is 15.1 Å². The van der Waals surface area contributed by atoms with Crippen LogP contribution in [0.15, 0.2) is 55.0 Å². The van der Waals surface area contributed by atoms with Crippen molar-refractivity contribution in [3.8, 4) is 0 Å². The van der Waals surface area contributed by atoms with Crippen molar-refractivity contribution in [3.05, 3.63) is 77.4 Å². The maximum atomic E-state index is 13.0. The van der Waals surface area contributed by atoms with Crippen molar-refractivity contribution in [1.29, 1.82) is 0 Å². The molecule has 0 bridgehead atoms. The van der Waals surface area contributed by atoms with E-state index in [1.54, 1.807) is 30.6 Å². The van der Waals surface area contributed by atoms with Crippen LogP contribution in [0.1, 0.15) is 32.0 Å². The van der Waals surface area contributed by atoms with Crippen LogP contribution in [-0.4, -0.2) is 57.8 Å². The van der Waals surface area contributed by atoms with Gasteiger partial charge in [0.1, 0.15) is 17.3 Å². The highest BCUT2D eigenvalue weighted by atomic mass is 16.2. The molecule has 2 aromatic heterocycles. The van der Waals surface area contributed by atoms with Crippen LogP contribution in [0.25, 0.3) is 0 Å². The van der Waals surface area contributed by atoms with Crippen molar-refractivity contribution in [2.45, 2.75) is 13.8 Å². The lowest BCUT2D eigenvalue weighted by atomic mass is 10.0. The number of nitrogens with one attached hydrogen (secondary N) is 1. The number of carbonyl (C=O) groups excluding carboxylic acids is 2. The van der Waals surface area contributed by atoms with Gasteiger partial charge in [-0.3, -0.25) is 14.6 Å². The van der Waals surface area contributed by atoms with Gasteiger partial charge in [0.15, 0.2) is 0 Å². The summed E-state index contributed by atoms with van der Waals surface area (Å²) >= 11 is 0. The fourth-order valence-corrected chi connectivity index (χ4v) is 3.68. The summed E-state index contributed by atoms with van der Waals surface area (Å²) in [6.45, 7) is 6.34. The molecule has 1 fully saturated rings. The molecule has 3 aromatic rings. The number of aromatic nitrogens is 3. The maximum Gasteiger partial charge on any atom is 0.277 e. The Kier molecular flexibility index (Phi) is 5.88. The average molecular weight is 416 g/mol. The van der Waals surface area contributed by atoms with E-state index in [9.17, 15) is 9.59 Å². The van der Waals surface area contributed by atoms with Crippen molar-refractivity contribution in [1.82, 2.24) is 19.9 Å². The number of piperazine rings is 1. The molecule has 31 heavy (non-hydrogen) atoms. The summed E-state index contributed by atoms with van der Waals surface area (Å²) in [4.78, 5) is 42.2. The molecule has 0 aliphatic carbocycles. The van der Waals surface area contributed by atoms with E-state index in [0.717, 1.165) is 16.7 Å². The van der Waals surface area contributed by atoms with Gasteiger partial charge in [-0.25, -0.2) is 9.97 Å². The van der Waals surface area contributed by atoms with Crippen LogP contribution in [-0.2, 0) is 0 Å². The zero-order chi connectivity index (χ0) is 21.8. The van der Waals surface area contributed by atoms with Gasteiger partial charge in [0.05, 0.1) is 12.4 Å². The van der Waals surface area contributed by atoms with E-state index < -0.39 is 0 Å². The number of rotatable bonds is 4. The van der Waals surface area contributed by atoms with Gasteiger partial charge in [0.25, 0.3) is 11.8 Å². The highest BCUT2D eigenvalue weighted by molar-refractivity contribution is 6.02. The molecular weight excluding hydrogens is 392 g/mol. The highest BCUT2D eigenvalue weighted by Crippen LogP contribution is 2.19. The van der Waals surface area contributed by atoms with E-state index in [-0.39, 0.29) is 17.5 Å². The summed E-state index contributed by atoms with van der Waals surface area (Å²) in [6, 6.07) is 11.2. The lowest BCUT2D eigenvalue weighted by molar-refractivity contribution is 0.0745. The lowest BCUT2D eigenvalue weighted by Gasteiger charge is -2.35. The van der Waals surface area contributed by atoms with Crippen LogP contribution in [0.3, 0.4) is 0 Å². The normalized spacial score (nSPS) is 13.7. The summed E-state index contributed by atoms with van der Waals surface area (Å²) in [7, 11) is 0. The molecule has 1 N–H and O–H groups in total. The van der Waals surface area contributed by atoms with Crippen LogP contribution in [0.4, 0.5) is 11.6 Å². The second-order valence-corrected chi connectivity index (χ2v) is 7.48. The van der Waals surface area contributed by atoms with E-state index in [0.29, 0.717) is 37.8 Å². The molecule has 1 aliphatic rings. The SMILES string of the molecule is Cc1cccc(C)c1C(=O)N1CCN(c2cncc(C(=O)Nc3ccccn3)n2)CC1. The smallest absolute Gasteiger partial charge is 0.277 e. The maximum absolute atomic E-state index is 13.0. The summed E-state index contributed by atoms with van der Waals surface area (Å²) in [5.74, 6) is 0.771. The standard InChI is InChI=1S/C23H24N6O2/c1-16-6-5-7-17(2)21(16)23(31)29-12-10-28(11-13-29)20-15-24-14-18(26-20)22(30)27-19-8-3-4-9-25-19/h3-9,14-15H,10-13H2,1-2H3,(H,25,27,30). The molecule has 1 saturated heterocycles. The van der Waals surface area contributed by atoms with Gasteiger partial charge in [-0.15, -0.1) is 0 Å². The molecule has 0 saturated carbocycles. The third-order valence-corrected chi connectivity index (χ3v) is 5.35. The molecule has 4 rings (SSSR count). The Labute approximate surface area is 181 Å². The summed E-state index contributed by atoms with van der Waals surface area (Å²) in [6.07, 6.45) is 4.68. The fraction of sp³-hybridized carbons (Fsp3) is 0.261. The van der Waals surface area contributed by atoms with Gasteiger partial charge in [0.2, 0.25) is 0 Å². The largest absolute Gasteiger partial charge is 0.352 e. The van der Waals surface area contributed by atoms with E-state index in [4.69, 9.17) is 0 Å². The van der Waals surface area contributed by atoms with Crippen molar-refractivity contribution < 1.29 is 9.59 Å². The number of pyridine rings is 1. The van der Waals surface area contributed by atoms with E-state index in [2.05, 4.69) is 20.3 Å². The molecule has 0 unspecified atom stereocenters. The van der Waals surface area contributed by atoms with E-state index >= 15 is 0 Å². The molecule has 8 heteroatoms. The molecule has 1 aliphatic heterocycles. The molecule has 0 radical (unpaired) electrons. The second kappa shape index (κ2) is 8.91. The zero-order valence-electron chi connectivity index (χ0n) is 17.6. The van der Waals surface area contributed by atoms with Crippen molar-refractivity contribution >= 4 is 23.5 Å². The van der Waals surface area contributed by atoms with Crippen LogP contribution < -0.4 is 10.2 Å². The minimum absolute atomic E-state index is 0.0600. The van der Waals surface area contributed by atoms with E-state index in [1.165, 1.54) is 6.20 Å². The second-order valence-electron chi connectivity index (χ2n) is 7.48. The number of benzene rings is 1.